The standard InChI is InChI=1S/C10H11F4N3O/c1-4(2-7(15)17-18)16-10-8(13)5(11)3-6(12)9(10)14/h3-4,16,18H,2H2,1H3,(H2,15,17). The van der Waals surface area contributed by atoms with Gasteiger partial charge >= 0.3 is 0 Å². The van der Waals surface area contributed by atoms with Gasteiger partial charge < -0.3 is 16.3 Å². The monoisotopic (exact) mass is 265 g/mol. The zero-order valence-corrected chi connectivity index (χ0v) is 9.35. The molecule has 1 unspecified atom stereocenters. The maximum absolute atomic E-state index is 13.3. The second-order valence-electron chi connectivity index (χ2n) is 3.68. The van der Waals surface area contributed by atoms with Gasteiger partial charge in [-0.3, -0.25) is 0 Å². The predicted molar refractivity (Wildman–Crippen MR) is 57.4 cm³/mol. The van der Waals surface area contributed by atoms with Crippen LogP contribution in [0.15, 0.2) is 11.2 Å². The molecule has 8 heteroatoms. The zero-order chi connectivity index (χ0) is 13.9. The molecule has 0 heterocycles. The molecule has 0 saturated heterocycles. The fourth-order valence-corrected chi connectivity index (χ4v) is 1.35. The van der Waals surface area contributed by atoms with Crippen molar-refractivity contribution >= 4 is 11.5 Å². The van der Waals surface area contributed by atoms with Crippen LogP contribution in [0.5, 0.6) is 0 Å². The van der Waals surface area contributed by atoms with Crippen LogP contribution in [0.3, 0.4) is 0 Å². The van der Waals surface area contributed by atoms with Crippen LogP contribution in [-0.4, -0.2) is 17.1 Å². The highest BCUT2D eigenvalue weighted by Crippen LogP contribution is 2.25. The van der Waals surface area contributed by atoms with E-state index >= 15 is 0 Å². The van der Waals surface area contributed by atoms with Crippen LogP contribution in [0.4, 0.5) is 23.2 Å². The van der Waals surface area contributed by atoms with Crippen LogP contribution >= 0.6 is 0 Å². The van der Waals surface area contributed by atoms with Gasteiger partial charge in [0.25, 0.3) is 0 Å². The Hall–Kier alpha value is -1.99. The summed E-state index contributed by atoms with van der Waals surface area (Å²) in [5, 5.41) is 13.2. The second-order valence-corrected chi connectivity index (χ2v) is 3.68. The van der Waals surface area contributed by atoms with E-state index in [1.54, 1.807) is 0 Å². The Bertz CT molecular complexity index is 452. The van der Waals surface area contributed by atoms with Crippen molar-refractivity contribution in [1.29, 1.82) is 0 Å². The largest absolute Gasteiger partial charge is 0.409 e. The smallest absolute Gasteiger partial charge is 0.185 e. The predicted octanol–water partition coefficient (Wildman–Crippen LogP) is 2.18. The summed E-state index contributed by atoms with van der Waals surface area (Å²) in [6.07, 6.45) is -0.0620. The average molecular weight is 265 g/mol. The molecule has 100 valence electrons. The van der Waals surface area contributed by atoms with Crippen LogP contribution in [0.25, 0.3) is 0 Å². The summed E-state index contributed by atoms with van der Waals surface area (Å²) in [6.45, 7) is 1.44. The van der Waals surface area contributed by atoms with Gasteiger partial charge in [0.2, 0.25) is 0 Å². The summed E-state index contributed by atoms with van der Waals surface area (Å²) >= 11 is 0. The Morgan fingerprint density at radius 1 is 1.33 bits per heavy atom. The molecule has 1 atom stereocenters. The van der Waals surface area contributed by atoms with Crippen molar-refractivity contribution in [2.24, 2.45) is 10.9 Å². The number of anilines is 1. The van der Waals surface area contributed by atoms with Crippen LogP contribution < -0.4 is 11.1 Å². The number of rotatable bonds is 4. The van der Waals surface area contributed by atoms with Gasteiger partial charge in [-0.05, 0) is 6.92 Å². The summed E-state index contributed by atoms with van der Waals surface area (Å²) < 4.78 is 52.3. The molecule has 0 radical (unpaired) electrons. The van der Waals surface area contributed by atoms with E-state index in [2.05, 4.69) is 10.5 Å². The number of nitrogens with zero attached hydrogens (tertiary/aromatic N) is 1. The quantitative estimate of drug-likeness (QED) is 0.195. The summed E-state index contributed by atoms with van der Waals surface area (Å²) in [7, 11) is 0. The number of hydrogen-bond acceptors (Lipinski definition) is 3. The molecule has 0 bridgehead atoms. The molecule has 4 nitrogen and oxygen atoms in total. The topological polar surface area (TPSA) is 70.6 Å². The lowest BCUT2D eigenvalue weighted by molar-refractivity contribution is 0.316. The molecular weight excluding hydrogens is 254 g/mol. The van der Waals surface area contributed by atoms with Crippen molar-refractivity contribution in [2.45, 2.75) is 19.4 Å². The summed E-state index contributed by atoms with van der Waals surface area (Å²) in [5.41, 5.74) is 4.26. The molecule has 1 rings (SSSR count). The average Bonchev–Trinajstić information content (AvgIpc) is 2.32. The number of halogens is 4. The highest BCUT2D eigenvalue weighted by atomic mass is 19.2. The number of oxime groups is 1. The molecule has 0 spiro atoms. The number of hydrogen-bond donors (Lipinski definition) is 3. The van der Waals surface area contributed by atoms with Gasteiger partial charge in [-0.25, -0.2) is 17.6 Å². The summed E-state index contributed by atoms with van der Waals surface area (Å²) in [6, 6.07) is -0.574. The number of benzene rings is 1. The Morgan fingerprint density at radius 2 is 1.83 bits per heavy atom. The Labute approximate surface area is 100 Å². The van der Waals surface area contributed by atoms with E-state index in [1.165, 1.54) is 6.92 Å². The third-order valence-corrected chi connectivity index (χ3v) is 2.15. The molecule has 0 aromatic heterocycles. The lowest BCUT2D eigenvalue weighted by Gasteiger charge is -2.16. The molecule has 1 aromatic carbocycles. The second kappa shape index (κ2) is 5.56. The minimum Gasteiger partial charge on any atom is -0.409 e. The van der Waals surface area contributed by atoms with Crippen molar-refractivity contribution < 1.29 is 22.8 Å². The van der Waals surface area contributed by atoms with E-state index in [0.717, 1.165) is 0 Å². The number of nitrogens with two attached hydrogens (primary N) is 1. The van der Waals surface area contributed by atoms with Crippen LogP contribution in [-0.2, 0) is 0 Å². The molecule has 0 aliphatic rings. The van der Waals surface area contributed by atoms with Crippen LogP contribution in [0.1, 0.15) is 13.3 Å². The zero-order valence-electron chi connectivity index (χ0n) is 9.35. The fourth-order valence-electron chi connectivity index (χ4n) is 1.35. The SMILES string of the molecule is CC(C/C(N)=N/O)Nc1c(F)c(F)cc(F)c1F. The number of amidine groups is 1. The first-order valence-corrected chi connectivity index (χ1v) is 4.92. The van der Waals surface area contributed by atoms with E-state index < -0.39 is 35.0 Å². The number of nitrogens with one attached hydrogen (secondary N) is 1. The highest BCUT2D eigenvalue weighted by Gasteiger charge is 2.20. The van der Waals surface area contributed by atoms with Crippen molar-refractivity contribution in [3.63, 3.8) is 0 Å². The molecule has 0 amide bonds. The summed E-state index contributed by atoms with van der Waals surface area (Å²) in [5.74, 6) is -6.26. The summed E-state index contributed by atoms with van der Waals surface area (Å²) in [4.78, 5) is 0. The van der Waals surface area contributed by atoms with Gasteiger partial charge in [0.05, 0.1) is 0 Å². The third kappa shape index (κ3) is 3.02. The highest BCUT2D eigenvalue weighted by molar-refractivity contribution is 5.80. The molecule has 4 N–H and O–H groups in total. The van der Waals surface area contributed by atoms with Crippen LogP contribution in [0.2, 0.25) is 0 Å². The lowest BCUT2D eigenvalue weighted by Crippen LogP contribution is -2.25. The van der Waals surface area contributed by atoms with Gasteiger partial charge in [0, 0.05) is 18.5 Å². The van der Waals surface area contributed by atoms with Gasteiger partial charge in [-0.15, -0.1) is 0 Å². The van der Waals surface area contributed by atoms with Gasteiger partial charge in [0.1, 0.15) is 11.5 Å². The Kier molecular flexibility index (Phi) is 4.35. The minimum absolute atomic E-state index is 0.0620. The van der Waals surface area contributed by atoms with Crippen molar-refractivity contribution in [3.8, 4) is 0 Å². The molecule has 0 fully saturated rings. The molecular formula is C10H11F4N3O. The van der Waals surface area contributed by atoms with Crippen molar-refractivity contribution in [2.75, 3.05) is 5.32 Å². The third-order valence-electron chi connectivity index (χ3n) is 2.15. The first kappa shape index (κ1) is 14.1. The van der Waals surface area contributed by atoms with Gasteiger partial charge in [-0.2, -0.15) is 0 Å². The molecule has 0 saturated carbocycles. The lowest BCUT2D eigenvalue weighted by atomic mass is 10.2. The van der Waals surface area contributed by atoms with E-state index in [4.69, 9.17) is 10.9 Å². The fraction of sp³-hybridized carbons (Fsp3) is 0.300. The molecule has 1 aromatic rings. The normalized spacial score (nSPS) is 13.5. The van der Waals surface area contributed by atoms with Crippen LogP contribution in [0, 0.1) is 23.3 Å². The van der Waals surface area contributed by atoms with E-state index in [-0.39, 0.29) is 18.3 Å². The Morgan fingerprint density at radius 3 is 2.28 bits per heavy atom. The minimum atomic E-state index is -1.53. The molecule has 0 aliphatic heterocycles. The first-order chi connectivity index (χ1) is 8.36. The van der Waals surface area contributed by atoms with Gasteiger partial charge in [0.15, 0.2) is 23.3 Å². The van der Waals surface area contributed by atoms with Crippen molar-refractivity contribution in [1.82, 2.24) is 0 Å². The Balaban J connectivity index is 2.97. The maximum atomic E-state index is 13.3. The van der Waals surface area contributed by atoms with E-state index in [0.29, 0.717) is 0 Å². The van der Waals surface area contributed by atoms with Gasteiger partial charge in [-0.1, -0.05) is 5.16 Å². The molecule has 0 aliphatic carbocycles. The van der Waals surface area contributed by atoms with E-state index in [1.807, 2.05) is 0 Å². The van der Waals surface area contributed by atoms with E-state index in [9.17, 15) is 17.6 Å². The first-order valence-electron chi connectivity index (χ1n) is 4.92. The molecule has 18 heavy (non-hydrogen) atoms. The van der Waals surface area contributed by atoms with Crippen molar-refractivity contribution in [3.05, 3.63) is 29.3 Å². The maximum Gasteiger partial charge on any atom is 0.185 e.